The van der Waals surface area contributed by atoms with Crippen molar-refractivity contribution in [1.29, 1.82) is 5.41 Å². The van der Waals surface area contributed by atoms with E-state index in [-0.39, 0.29) is 5.75 Å². The monoisotopic (exact) mass is 558 g/mol. The summed E-state index contributed by atoms with van der Waals surface area (Å²) < 4.78 is 51.8. The Morgan fingerprint density at radius 1 is 0.878 bits per heavy atom. The third-order valence-electron chi connectivity index (χ3n) is 7.48. The summed E-state index contributed by atoms with van der Waals surface area (Å²) in [6.07, 6.45) is -1.13. The molecule has 1 aliphatic heterocycles. The maximum atomic E-state index is 12.7. The SMILES string of the molecule is N=c1c2c(-c3ccccc3)c(-c3ccccc3)n(Cc3ccc(OC(F)(F)F)cc3)c2ncn1CC1CCOCC1. The van der Waals surface area contributed by atoms with Crippen molar-refractivity contribution in [3.8, 4) is 28.1 Å². The Labute approximate surface area is 235 Å². The van der Waals surface area contributed by atoms with Crippen LogP contribution in [0.1, 0.15) is 18.4 Å². The maximum absolute atomic E-state index is 12.7. The van der Waals surface area contributed by atoms with Crippen molar-refractivity contribution in [3.05, 3.63) is 102 Å². The van der Waals surface area contributed by atoms with Gasteiger partial charge in [0.15, 0.2) is 0 Å². The molecule has 9 heteroatoms. The Balaban J connectivity index is 1.54. The molecule has 0 saturated carbocycles. The van der Waals surface area contributed by atoms with Gasteiger partial charge in [-0.3, -0.25) is 5.41 Å². The van der Waals surface area contributed by atoms with Crippen LogP contribution in [0.25, 0.3) is 33.4 Å². The molecule has 6 nitrogen and oxygen atoms in total. The molecule has 41 heavy (non-hydrogen) atoms. The zero-order chi connectivity index (χ0) is 28.4. The minimum atomic E-state index is -4.75. The fraction of sp³-hybridized carbons (Fsp3) is 0.250. The summed E-state index contributed by atoms with van der Waals surface area (Å²) in [5, 5.41) is 10.1. The van der Waals surface area contributed by atoms with Gasteiger partial charge in [0, 0.05) is 31.9 Å². The first kappa shape index (κ1) is 26.8. The molecule has 0 spiro atoms. The van der Waals surface area contributed by atoms with Gasteiger partial charge in [-0.05, 0) is 47.6 Å². The Bertz CT molecular complexity index is 1690. The summed E-state index contributed by atoms with van der Waals surface area (Å²) in [6.45, 7) is 2.48. The van der Waals surface area contributed by atoms with E-state index in [1.54, 1.807) is 18.5 Å². The van der Waals surface area contributed by atoms with Gasteiger partial charge in [0.2, 0.25) is 0 Å². The Hall–Kier alpha value is -4.37. The molecular formula is C32H29F3N4O2. The Morgan fingerprint density at radius 3 is 2.15 bits per heavy atom. The van der Waals surface area contributed by atoms with Crippen LogP contribution in [0.15, 0.2) is 91.3 Å². The summed E-state index contributed by atoms with van der Waals surface area (Å²) in [7, 11) is 0. The zero-order valence-electron chi connectivity index (χ0n) is 22.3. The van der Waals surface area contributed by atoms with Crippen molar-refractivity contribution in [3.63, 3.8) is 0 Å². The molecule has 2 aromatic heterocycles. The van der Waals surface area contributed by atoms with Crippen molar-refractivity contribution in [2.24, 2.45) is 5.92 Å². The van der Waals surface area contributed by atoms with Gasteiger partial charge in [-0.2, -0.15) is 0 Å². The average Bonchev–Trinajstić information content (AvgIpc) is 3.31. The topological polar surface area (TPSA) is 65.1 Å². The van der Waals surface area contributed by atoms with Gasteiger partial charge in [-0.25, -0.2) is 4.98 Å². The van der Waals surface area contributed by atoms with Crippen LogP contribution in [-0.2, 0) is 17.8 Å². The maximum Gasteiger partial charge on any atom is 0.573 e. The van der Waals surface area contributed by atoms with Gasteiger partial charge >= 0.3 is 6.36 Å². The lowest BCUT2D eigenvalue weighted by Crippen LogP contribution is -2.28. The van der Waals surface area contributed by atoms with Crippen LogP contribution in [0, 0.1) is 11.3 Å². The predicted molar refractivity (Wildman–Crippen MR) is 150 cm³/mol. The lowest BCUT2D eigenvalue weighted by Gasteiger charge is -2.23. The lowest BCUT2D eigenvalue weighted by atomic mass is 9.98. The van der Waals surface area contributed by atoms with E-state index in [9.17, 15) is 18.6 Å². The molecular weight excluding hydrogens is 529 g/mol. The molecule has 0 bridgehead atoms. The lowest BCUT2D eigenvalue weighted by molar-refractivity contribution is -0.274. The van der Waals surface area contributed by atoms with E-state index in [4.69, 9.17) is 9.72 Å². The van der Waals surface area contributed by atoms with E-state index in [0.29, 0.717) is 30.1 Å². The molecule has 3 aromatic carbocycles. The highest BCUT2D eigenvalue weighted by molar-refractivity contribution is 6.02. The number of alkyl halides is 3. The number of nitrogens with one attached hydrogen (secondary N) is 1. The van der Waals surface area contributed by atoms with Crippen LogP contribution in [0.4, 0.5) is 13.2 Å². The number of halogens is 3. The number of rotatable bonds is 7. The average molecular weight is 559 g/mol. The predicted octanol–water partition coefficient (Wildman–Crippen LogP) is 7.02. The summed E-state index contributed by atoms with van der Waals surface area (Å²) in [6, 6.07) is 25.8. The van der Waals surface area contributed by atoms with E-state index in [2.05, 4.69) is 9.30 Å². The highest BCUT2D eigenvalue weighted by Gasteiger charge is 2.31. The molecule has 0 amide bonds. The van der Waals surface area contributed by atoms with Crippen LogP contribution >= 0.6 is 0 Å². The van der Waals surface area contributed by atoms with Gasteiger partial charge in [0.1, 0.15) is 16.9 Å². The quantitative estimate of drug-likeness (QED) is 0.233. The van der Waals surface area contributed by atoms with Gasteiger partial charge in [0.05, 0.1) is 17.4 Å². The first-order chi connectivity index (χ1) is 19.9. The van der Waals surface area contributed by atoms with Crippen molar-refractivity contribution in [2.75, 3.05) is 13.2 Å². The minimum absolute atomic E-state index is 0.271. The van der Waals surface area contributed by atoms with Crippen LogP contribution in [0.3, 0.4) is 0 Å². The second-order valence-corrected chi connectivity index (χ2v) is 10.2. The van der Waals surface area contributed by atoms with E-state index < -0.39 is 6.36 Å². The third kappa shape index (κ3) is 5.76. The summed E-state index contributed by atoms with van der Waals surface area (Å²) in [4.78, 5) is 4.90. The van der Waals surface area contributed by atoms with Gasteiger partial charge in [-0.15, -0.1) is 13.2 Å². The molecule has 210 valence electrons. The minimum Gasteiger partial charge on any atom is -0.406 e. The molecule has 0 atom stereocenters. The van der Waals surface area contributed by atoms with Crippen molar-refractivity contribution >= 4 is 11.0 Å². The second kappa shape index (κ2) is 11.2. The van der Waals surface area contributed by atoms with Crippen molar-refractivity contribution < 1.29 is 22.6 Å². The normalized spacial score (nSPS) is 14.4. The molecule has 1 aliphatic rings. The number of benzene rings is 3. The number of hydrogen-bond acceptors (Lipinski definition) is 4. The standard InChI is InChI=1S/C32H29F3N4O2/c33-32(34,35)41-26-13-11-22(12-14-26)20-39-29(25-9-5-2-6-10-25)27(24-7-3-1-4-8-24)28-30(36)38(21-37-31(28)39)19-23-15-17-40-18-16-23/h1-14,21,23,36H,15-20H2. The summed E-state index contributed by atoms with van der Waals surface area (Å²) in [5.74, 6) is 0.137. The first-order valence-electron chi connectivity index (χ1n) is 13.6. The molecule has 1 fully saturated rings. The molecule has 5 aromatic rings. The van der Waals surface area contributed by atoms with E-state index in [1.165, 1.54) is 12.1 Å². The third-order valence-corrected chi connectivity index (χ3v) is 7.48. The number of nitrogens with zero attached hydrogens (tertiary/aromatic N) is 3. The number of fused-ring (bicyclic) bond motifs is 1. The van der Waals surface area contributed by atoms with Crippen molar-refractivity contribution in [2.45, 2.75) is 32.3 Å². The van der Waals surface area contributed by atoms with Gasteiger partial charge < -0.3 is 18.6 Å². The van der Waals surface area contributed by atoms with E-state index in [1.807, 2.05) is 65.2 Å². The van der Waals surface area contributed by atoms with Gasteiger partial charge in [-0.1, -0.05) is 72.8 Å². The molecule has 0 aliphatic carbocycles. The highest BCUT2D eigenvalue weighted by Crippen LogP contribution is 2.39. The first-order valence-corrected chi connectivity index (χ1v) is 13.6. The number of ether oxygens (including phenoxy) is 2. The highest BCUT2D eigenvalue weighted by atomic mass is 19.4. The van der Waals surface area contributed by atoms with Crippen LogP contribution < -0.4 is 10.2 Å². The van der Waals surface area contributed by atoms with Gasteiger partial charge in [0.25, 0.3) is 0 Å². The zero-order valence-corrected chi connectivity index (χ0v) is 22.3. The largest absolute Gasteiger partial charge is 0.573 e. The Kier molecular flexibility index (Phi) is 7.36. The van der Waals surface area contributed by atoms with E-state index in [0.717, 1.165) is 59.4 Å². The summed E-state index contributed by atoms with van der Waals surface area (Å²) >= 11 is 0. The van der Waals surface area contributed by atoms with Crippen molar-refractivity contribution in [1.82, 2.24) is 14.1 Å². The number of aromatic nitrogens is 3. The molecule has 6 rings (SSSR count). The summed E-state index contributed by atoms with van der Waals surface area (Å²) in [5.41, 5.74) is 5.52. The van der Waals surface area contributed by atoms with Crippen LogP contribution in [-0.4, -0.2) is 33.7 Å². The second-order valence-electron chi connectivity index (χ2n) is 10.2. The molecule has 1 saturated heterocycles. The molecule has 0 radical (unpaired) electrons. The van der Waals surface area contributed by atoms with Crippen LogP contribution in [0.2, 0.25) is 0 Å². The van der Waals surface area contributed by atoms with Crippen LogP contribution in [0.5, 0.6) is 5.75 Å². The molecule has 1 N–H and O–H groups in total. The number of hydrogen-bond donors (Lipinski definition) is 1. The van der Waals surface area contributed by atoms with E-state index >= 15 is 0 Å². The molecule has 0 unspecified atom stereocenters. The molecule has 3 heterocycles. The fourth-order valence-electron chi connectivity index (χ4n) is 5.55. The fourth-order valence-corrected chi connectivity index (χ4v) is 5.55. The smallest absolute Gasteiger partial charge is 0.406 e. The Morgan fingerprint density at radius 2 is 1.51 bits per heavy atom.